The van der Waals surface area contributed by atoms with Crippen molar-refractivity contribution in [2.24, 2.45) is 5.73 Å². The lowest BCUT2D eigenvalue weighted by atomic mass is 10.2. The molecule has 0 radical (unpaired) electrons. The van der Waals surface area contributed by atoms with Crippen molar-refractivity contribution in [2.75, 3.05) is 13.2 Å². The Bertz CT molecular complexity index is 226. The van der Waals surface area contributed by atoms with Crippen LogP contribution in [0.3, 0.4) is 0 Å². The third kappa shape index (κ3) is 4.20. The number of esters is 1. The van der Waals surface area contributed by atoms with Crippen LogP contribution in [0.25, 0.3) is 0 Å². The molecule has 1 rings (SSSR count). The van der Waals surface area contributed by atoms with Crippen LogP contribution in [0.2, 0.25) is 0 Å². The van der Waals surface area contributed by atoms with Crippen molar-refractivity contribution in [2.45, 2.75) is 25.0 Å². The first kappa shape index (κ1) is 10.9. The molecule has 1 aliphatic rings. The molecule has 6 heteroatoms. The highest BCUT2D eigenvalue weighted by atomic mass is 16.6. The maximum absolute atomic E-state index is 11.1. The molecule has 0 amide bonds. The summed E-state index contributed by atoms with van der Waals surface area (Å²) < 4.78 is 9.60. The van der Waals surface area contributed by atoms with Gasteiger partial charge in [-0.15, -0.1) is 0 Å². The van der Waals surface area contributed by atoms with E-state index in [2.05, 4.69) is 0 Å². The molecule has 1 unspecified atom stereocenters. The van der Waals surface area contributed by atoms with Gasteiger partial charge in [-0.25, -0.2) is 0 Å². The summed E-state index contributed by atoms with van der Waals surface area (Å²) in [5.74, 6) is -1.54. The molecule has 14 heavy (non-hydrogen) atoms. The van der Waals surface area contributed by atoms with Crippen molar-refractivity contribution >= 4 is 11.9 Å². The quantitative estimate of drug-likeness (QED) is 0.429. The monoisotopic (exact) mass is 203 g/mol. The van der Waals surface area contributed by atoms with Gasteiger partial charge >= 0.3 is 11.9 Å². The molecule has 1 fully saturated rings. The molecule has 0 saturated carbocycles. The second kappa shape index (κ2) is 4.92. The van der Waals surface area contributed by atoms with Crippen LogP contribution < -0.4 is 5.73 Å². The molecule has 0 aromatic heterocycles. The Morgan fingerprint density at radius 2 is 2.29 bits per heavy atom. The maximum Gasteiger partial charge on any atom is 0.323 e. The van der Waals surface area contributed by atoms with Gasteiger partial charge in [-0.1, -0.05) is 0 Å². The summed E-state index contributed by atoms with van der Waals surface area (Å²) in [6.45, 7) is 0.817. The molecular weight excluding hydrogens is 190 g/mol. The topological polar surface area (TPSA) is 102 Å². The van der Waals surface area contributed by atoms with Gasteiger partial charge in [-0.2, -0.15) is 0 Å². The summed E-state index contributed by atoms with van der Waals surface area (Å²) in [5, 5.41) is 8.34. The van der Waals surface area contributed by atoms with Crippen LogP contribution in [0.1, 0.15) is 12.8 Å². The maximum atomic E-state index is 11.1. The first-order chi connectivity index (χ1) is 6.59. The molecule has 1 heterocycles. The molecule has 2 atom stereocenters. The van der Waals surface area contributed by atoms with Gasteiger partial charge in [0, 0.05) is 6.42 Å². The number of nitrogens with two attached hydrogens (primary N) is 1. The summed E-state index contributed by atoms with van der Waals surface area (Å²) in [5.41, 5.74) is 5.39. The molecule has 0 bridgehead atoms. The zero-order valence-corrected chi connectivity index (χ0v) is 7.64. The number of carboxylic acids is 1. The fourth-order valence-corrected chi connectivity index (χ4v) is 0.843. The number of hydrogen-bond donors (Lipinski definition) is 2. The van der Waals surface area contributed by atoms with E-state index in [1.165, 1.54) is 0 Å². The Labute approximate surface area is 81.0 Å². The lowest BCUT2D eigenvalue weighted by molar-refractivity contribution is -0.146. The average Bonchev–Trinajstić information content (AvgIpc) is 2.93. The molecule has 1 saturated heterocycles. The normalized spacial score (nSPS) is 21.4. The molecule has 0 spiro atoms. The van der Waals surface area contributed by atoms with E-state index in [4.69, 9.17) is 20.3 Å². The number of carbonyl (C=O) groups is 2. The van der Waals surface area contributed by atoms with Crippen LogP contribution in [0.15, 0.2) is 0 Å². The summed E-state index contributed by atoms with van der Waals surface area (Å²) in [6, 6.07) is -0.857. The standard InChI is InChI=1S/C8H13NO5/c9-6(1-2-7(10)11)8(12)14-4-5-3-13-5/h5-6H,1-4,9H2,(H,10,11)/t5?,6-/m0/s1. The van der Waals surface area contributed by atoms with Crippen molar-refractivity contribution in [1.29, 1.82) is 0 Å². The smallest absolute Gasteiger partial charge is 0.323 e. The Morgan fingerprint density at radius 1 is 1.64 bits per heavy atom. The third-order valence-corrected chi connectivity index (χ3v) is 1.79. The minimum atomic E-state index is -0.973. The van der Waals surface area contributed by atoms with Gasteiger partial charge in [0.05, 0.1) is 6.61 Å². The predicted molar refractivity (Wildman–Crippen MR) is 45.5 cm³/mol. The van der Waals surface area contributed by atoms with Crippen LogP contribution >= 0.6 is 0 Å². The van der Waals surface area contributed by atoms with Crippen molar-refractivity contribution < 1.29 is 24.2 Å². The summed E-state index contributed by atoms with van der Waals surface area (Å²) in [6.07, 6.45) is -0.0267. The van der Waals surface area contributed by atoms with E-state index in [0.717, 1.165) is 0 Å². The van der Waals surface area contributed by atoms with Crippen LogP contribution in [-0.2, 0) is 19.1 Å². The zero-order chi connectivity index (χ0) is 10.6. The SMILES string of the molecule is N[C@@H](CCC(=O)O)C(=O)OCC1CO1. The lowest BCUT2D eigenvalue weighted by Gasteiger charge is -2.08. The predicted octanol–water partition coefficient (Wildman–Crippen LogP) is -0.879. The van der Waals surface area contributed by atoms with E-state index in [-0.39, 0.29) is 25.6 Å². The van der Waals surface area contributed by atoms with E-state index < -0.39 is 18.0 Å². The van der Waals surface area contributed by atoms with Crippen molar-refractivity contribution in [1.82, 2.24) is 0 Å². The van der Waals surface area contributed by atoms with Crippen molar-refractivity contribution in [3.63, 3.8) is 0 Å². The van der Waals surface area contributed by atoms with Gasteiger partial charge in [0.25, 0.3) is 0 Å². The van der Waals surface area contributed by atoms with Gasteiger partial charge in [0.15, 0.2) is 0 Å². The van der Waals surface area contributed by atoms with Gasteiger partial charge in [-0.3, -0.25) is 9.59 Å². The van der Waals surface area contributed by atoms with E-state index in [9.17, 15) is 9.59 Å². The van der Waals surface area contributed by atoms with Crippen LogP contribution in [0.5, 0.6) is 0 Å². The van der Waals surface area contributed by atoms with Crippen molar-refractivity contribution in [3.8, 4) is 0 Å². The molecule has 80 valence electrons. The Hall–Kier alpha value is -1.14. The minimum absolute atomic E-state index is 0.00521. The summed E-state index contributed by atoms with van der Waals surface area (Å²) >= 11 is 0. The fourth-order valence-electron chi connectivity index (χ4n) is 0.843. The Balaban J connectivity index is 2.10. The van der Waals surface area contributed by atoms with E-state index in [1.54, 1.807) is 0 Å². The zero-order valence-electron chi connectivity index (χ0n) is 7.64. The molecule has 3 N–H and O–H groups in total. The van der Waals surface area contributed by atoms with E-state index in [1.807, 2.05) is 0 Å². The van der Waals surface area contributed by atoms with Crippen molar-refractivity contribution in [3.05, 3.63) is 0 Å². The summed E-state index contributed by atoms with van der Waals surface area (Å²) in [4.78, 5) is 21.3. The number of hydrogen-bond acceptors (Lipinski definition) is 5. The highest BCUT2D eigenvalue weighted by Gasteiger charge is 2.25. The second-order valence-electron chi connectivity index (χ2n) is 3.12. The molecule has 0 aromatic rings. The number of carbonyl (C=O) groups excluding carboxylic acids is 1. The number of epoxide rings is 1. The average molecular weight is 203 g/mol. The van der Waals surface area contributed by atoms with E-state index in [0.29, 0.717) is 6.61 Å². The molecule has 0 aliphatic carbocycles. The molecule has 0 aromatic carbocycles. The van der Waals surface area contributed by atoms with Crippen LogP contribution in [0, 0.1) is 0 Å². The molecular formula is C8H13NO5. The largest absolute Gasteiger partial charge is 0.481 e. The number of rotatable bonds is 6. The highest BCUT2D eigenvalue weighted by Crippen LogP contribution is 2.09. The van der Waals surface area contributed by atoms with Gasteiger partial charge in [0.2, 0.25) is 0 Å². The Morgan fingerprint density at radius 3 is 2.79 bits per heavy atom. The van der Waals surface area contributed by atoms with Gasteiger partial charge in [-0.05, 0) is 6.42 Å². The van der Waals surface area contributed by atoms with Gasteiger partial charge in [0.1, 0.15) is 18.8 Å². The van der Waals surface area contributed by atoms with Crippen LogP contribution in [-0.4, -0.2) is 42.4 Å². The first-order valence-corrected chi connectivity index (χ1v) is 4.35. The molecule has 1 aliphatic heterocycles. The first-order valence-electron chi connectivity index (χ1n) is 4.35. The number of carboxylic acid groups (broad SMARTS) is 1. The second-order valence-corrected chi connectivity index (χ2v) is 3.12. The van der Waals surface area contributed by atoms with E-state index >= 15 is 0 Å². The minimum Gasteiger partial charge on any atom is -0.481 e. The molecule has 6 nitrogen and oxygen atoms in total. The number of aliphatic carboxylic acids is 1. The van der Waals surface area contributed by atoms with Crippen LogP contribution in [0.4, 0.5) is 0 Å². The fraction of sp³-hybridized carbons (Fsp3) is 0.750. The highest BCUT2D eigenvalue weighted by molar-refractivity contribution is 5.76. The van der Waals surface area contributed by atoms with Gasteiger partial charge < -0.3 is 20.3 Å². The third-order valence-electron chi connectivity index (χ3n) is 1.79. The number of ether oxygens (including phenoxy) is 2. The Kier molecular flexibility index (Phi) is 3.84. The summed E-state index contributed by atoms with van der Waals surface area (Å²) in [7, 11) is 0. The lowest BCUT2D eigenvalue weighted by Crippen LogP contribution is -2.33.